The lowest BCUT2D eigenvalue weighted by molar-refractivity contribution is -0.140. The number of carbonyl (C=O) groups excluding carboxylic acids is 1. The number of likely N-dealkylation sites (tertiary alicyclic amines) is 1. The van der Waals surface area contributed by atoms with Gasteiger partial charge in [0, 0.05) is 24.2 Å². The predicted octanol–water partition coefficient (Wildman–Crippen LogP) is 4.92. The molecule has 1 aliphatic rings. The van der Waals surface area contributed by atoms with E-state index in [1.165, 1.54) is 20.3 Å². The number of hydrogen-bond acceptors (Lipinski definition) is 6. The quantitative estimate of drug-likeness (QED) is 0.249. The number of benzene rings is 2. The van der Waals surface area contributed by atoms with Gasteiger partial charge in [-0.3, -0.25) is 0 Å². The van der Waals surface area contributed by atoms with E-state index in [1.54, 1.807) is 36.4 Å². The van der Waals surface area contributed by atoms with Crippen molar-refractivity contribution in [1.29, 1.82) is 0 Å². The van der Waals surface area contributed by atoms with Gasteiger partial charge in [0.1, 0.15) is 18.5 Å². The van der Waals surface area contributed by atoms with E-state index in [4.69, 9.17) is 9.47 Å². The van der Waals surface area contributed by atoms with Gasteiger partial charge in [-0.15, -0.1) is 0 Å². The third-order valence-electron chi connectivity index (χ3n) is 6.57. The summed E-state index contributed by atoms with van der Waals surface area (Å²) in [5, 5.41) is 6.81. The molecule has 0 unspecified atom stereocenters. The minimum atomic E-state index is -4.46. The molecule has 0 bridgehead atoms. The summed E-state index contributed by atoms with van der Waals surface area (Å²) in [4.78, 5) is 13.7. The van der Waals surface area contributed by atoms with E-state index in [2.05, 4.69) is 22.5 Å². The summed E-state index contributed by atoms with van der Waals surface area (Å²) in [5.41, 5.74) is 1.99. The third kappa shape index (κ3) is 6.75. The average molecular weight is 547 g/mol. The fourth-order valence-corrected chi connectivity index (χ4v) is 4.64. The van der Waals surface area contributed by atoms with E-state index in [0.29, 0.717) is 46.6 Å². The molecule has 0 spiro atoms. The number of aromatic nitrogens is 1. The Labute approximate surface area is 224 Å². The summed E-state index contributed by atoms with van der Waals surface area (Å²) < 4.78 is 66.3. The zero-order valence-corrected chi connectivity index (χ0v) is 21.9. The first kappa shape index (κ1) is 28.1. The lowest BCUT2D eigenvalue weighted by atomic mass is 10.0. The fourth-order valence-electron chi connectivity index (χ4n) is 4.64. The number of nitrogens with one attached hydrogen (secondary N) is 2. The van der Waals surface area contributed by atoms with Gasteiger partial charge in [-0.1, -0.05) is 12.0 Å². The molecule has 208 valence electrons. The molecule has 3 aromatic rings. The normalized spacial score (nSPS) is 17.8. The van der Waals surface area contributed by atoms with E-state index in [-0.39, 0.29) is 12.2 Å². The molecule has 2 aromatic carbocycles. The average Bonchev–Trinajstić information content (AvgIpc) is 3.24. The lowest BCUT2D eigenvalue weighted by Gasteiger charge is -2.33. The Kier molecular flexibility index (Phi) is 8.55. The summed E-state index contributed by atoms with van der Waals surface area (Å²) in [6.07, 6.45) is -4.98. The highest BCUT2D eigenvalue weighted by atomic mass is 19.4. The van der Waals surface area contributed by atoms with Crippen molar-refractivity contribution in [3.05, 3.63) is 53.7 Å². The fraction of sp³-hybridized carbons (Fsp3) is 0.393. The number of ether oxygens (including phenoxy) is 2. The van der Waals surface area contributed by atoms with Crippen LogP contribution in [0.1, 0.15) is 22.5 Å². The maximum atomic E-state index is 14.7. The lowest BCUT2D eigenvalue weighted by Crippen LogP contribution is -2.46. The maximum absolute atomic E-state index is 14.7. The van der Waals surface area contributed by atoms with Gasteiger partial charge in [0.2, 0.25) is 0 Å². The molecule has 2 heterocycles. The Bertz CT molecular complexity index is 1390. The Morgan fingerprint density at radius 2 is 1.95 bits per heavy atom. The second-order valence-electron chi connectivity index (χ2n) is 9.35. The highest BCUT2D eigenvalue weighted by molar-refractivity contribution is 5.94. The number of piperidine rings is 1. The molecule has 11 heteroatoms. The molecular formula is C28H30F4N4O3. The van der Waals surface area contributed by atoms with Crippen molar-refractivity contribution >= 4 is 28.2 Å². The number of halogens is 4. The highest BCUT2D eigenvalue weighted by Gasteiger charge is 2.31. The molecule has 39 heavy (non-hydrogen) atoms. The van der Waals surface area contributed by atoms with E-state index < -0.39 is 30.9 Å². The molecule has 1 fully saturated rings. The van der Waals surface area contributed by atoms with Crippen molar-refractivity contribution in [3.63, 3.8) is 0 Å². The monoisotopic (exact) mass is 546 g/mol. The van der Waals surface area contributed by atoms with Crippen LogP contribution in [0, 0.1) is 11.8 Å². The first-order valence-corrected chi connectivity index (χ1v) is 12.4. The summed E-state index contributed by atoms with van der Waals surface area (Å²) in [5.74, 6) is 5.59. The van der Waals surface area contributed by atoms with Gasteiger partial charge in [-0.25, -0.2) is 9.18 Å². The molecule has 2 atom stereocenters. The van der Waals surface area contributed by atoms with E-state index in [0.717, 1.165) is 11.1 Å². The third-order valence-corrected chi connectivity index (χ3v) is 6.57. The molecule has 1 aliphatic heterocycles. The number of esters is 1. The molecule has 0 aliphatic carbocycles. The Balaban J connectivity index is 1.59. The van der Waals surface area contributed by atoms with Crippen molar-refractivity contribution in [1.82, 2.24) is 9.47 Å². The Morgan fingerprint density at radius 1 is 1.15 bits per heavy atom. The standard InChI is InChI=1S/C28H30F4N4O3/c1-35-13-11-23(21(29)16-35)34-22-7-4-8-25-20(22)15-19(36(25)17-28(30,31)32)6-5-12-33-24-10-9-18(27(37)39-3)14-26(24)38-2/h4,7-10,14-15,21,23,33-34H,11-13,16-17H2,1-3H3/t21-,23+/m0/s1. The number of rotatable bonds is 7. The number of anilines is 2. The topological polar surface area (TPSA) is 67.8 Å². The first-order chi connectivity index (χ1) is 18.6. The summed E-state index contributed by atoms with van der Waals surface area (Å²) >= 11 is 0. The van der Waals surface area contributed by atoms with Crippen molar-refractivity contribution in [2.45, 2.75) is 31.4 Å². The van der Waals surface area contributed by atoms with Crippen LogP contribution in [-0.2, 0) is 11.3 Å². The number of carbonyl (C=O) groups is 1. The molecule has 1 saturated heterocycles. The van der Waals surface area contributed by atoms with Crippen LogP contribution in [0.5, 0.6) is 5.75 Å². The van der Waals surface area contributed by atoms with Crippen molar-refractivity contribution in [2.24, 2.45) is 0 Å². The van der Waals surface area contributed by atoms with Crippen LogP contribution in [0.4, 0.5) is 28.9 Å². The van der Waals surface area contributed by atoms with E-state index >= 15 is 0 Å². The van der Waals surface area contributed by atoms with Crippen LogP contribution in [-0.4, -0.2) is 74.7 Å². The van der Waals surface area contributed by atoms with Crippen LogP contribution in [0.25, 0.3) is 10.9 Å². The van der Waals surface area contributed by atoms with E-state index in [9.17, 15) is 22.4 Å². The molecule has 7 nitrogen and oxygen atoms in total. The van der Waals surface area contributed by atoms with Gasteiger partial charge in [-0.2, -0.15) is 13.2 Å². The Hall–Kier alpha value is -3.91. The Morgan fingerprint density at radius 3 is 2.64 bits per heavy atom. The minimum absolute atomic E-state index is 0.103. The van der Waals surface area contributed by atoms with Crippen LogP contribution in [0.15, 0.2) is 42.5 Å². The SMILES string of the molecule is COC(=O)c1ccc(NCC#Cc2cc3c(N[C@@H]4CCN(C)C[C@@H]4F)cccc3n2CC(F)(F)F)c(OC)c1. The molecule has 4 rings (SSSR count). The van der Waals surface area contributed by atoms with Crippen molar-refractivity contribution in [2.75, 3.05) is 51.5 Å². The van der Waals surface area contributed by atoms with Crippen LogP contribution in [0.2, 0.25) is 0 Å². The highest BCUT2D eigenvalue weighted by Crippen LogP contribution is 2.32. The van der Waals surface area contributed by atoms with Crippen molar-refractivity contribution in [3.8, 4) is 17.6 Å². The summed E-state index contributed by atoms with van der Waals surface area (Å²) in [6.45, 7) is -0.0857. The minimum Gasteiger partial charge on any atom is -0.495 e. The van der Waals surface area contributed by atoms with Crippen LogP contribution < -0.4 is 15.4 Å². The zero-order valence-electron chi connectivity index (χ0n) is 21.9. The zero-order chi connectivity index (χ0) is 28.2. The number of methoxy groups -OCH3 is 2. The molecule has 1 aromatic heterocycles. The van der Waals surface area contributed by atoms with Gasteiger partial charge in [-0.05, 0) is 55.8 Å². The molecule has 2 N–H and O–H groups in total. The van der Waals surface area contributed by atoms with Gasteiger partial charge in [0.15, 0.2) is 0 Å². The van der Waals surface area contributed by atoms with Gasteiger partial charge < -0.3 is 29.6 Å². The van der Waals surface area contributed by atoms with Gasteiger partial charge in [0.25, 0.3) is 0 Å². The largest absolute Gasteiger partial charge is 0.495 e. The van der Waals surface area contributed by atoms with Gasteiger partial charge in [0.05, 0.1) is 49.3 Å². The summed E-state index contributed by atoms with van der Waals surface area (Å²) in [7, 11) is 4.58. The molecular weight excluding hydrogens is 516 g/mol. The molecule has 0 radical (unpaired) electrons. The molecule has 0 amide bonds. The van der Waals surface area contributed by atoms with Crippen LogP contribution in [0.3, 0.4) is 0 Å². The summed E-state index contributed by atoms with van der Waals surface area (Å²) in [6, 6.07) is 10.9. The maximum Gasteiger partial charge on any atom is 0.406 e. The van der Waals surface area contributed by atoms with Gasteiger partial charge >= 0.3 is 12.1 Å². The number of fused-ring (bicyclic) bond motifs is 1. The molecule has 0 saturated carbocycles. The van der Waals surface area contributed by atoms with Crippen molar-refractivity contribution < 1.29 is 31.8 Å². The smallest absolute Gasteiger partial charge is 0.406 e. The second kappa shape index (κ2) is 11.9. The van der Waals surface area contributed by atoms with Crippen LogP contribution >= 0.6 is 0 Å². The number of nitrogens with zero attached hydrogens (tertiary/aromatic N) is 2. The number of alkyl halides is 4. The number of hydrogen-bond donors (Lipinski definition) is 2. The predicted molar refractivity (Wildman–Crippen MR) is 142 cm³/mol. The first-order valence-electron chi connectivity index (χ1n) is 12.4. The second-order valence-corrected chi connectivity index (χ2v) is 9.35. The van der Waals surface area contributed by atoms with E-state index in [1.807, 2.05) is 11.9 Å².